The van der Waals surface area contributed by atoms with Crippen LogP contribution in [0.15, 0.2) is 27.8 Å². The van der Waals surface area contributed by atoms with Crippen LogP contribution in [0.2, 0.25) is 0 Å². The second-order valence-electron chi connectivity index (χ2n) is 4.81. The van der Waals surface area contributed by atoms with Gasteiger partial charge in [-0.25, -0.2) is 0 Å². The summed E-state index contributed by atoms with van der Waals surface area (Å²) in [7, 11) is 1.77. The Morgan fingerprint density at radius 3 is 2.86 bits per heavy atom. The maximum Gasteiger partial charge on any atom is 0.433 e. The molecular weight excluding hydrogens is 290 g/mol. The molecule has 0 amide bonds. The number of morpholine rings is 1. The van der Waals surface area contributed by atoms with Crippen LogP contribution >= 0.6 is 0 Å². The number of hydrogen-bond donors (Lipinski definition) is 0. The van der Waals surface area contributed by atoms with E-state index in [1.807, 2.05) is 5.01 Å². The van der Waals surface area contributed by atoms with Crippen molar-refractivity contribution in [2.24, 2.45) is 12.1 Å². The van der Waals surface area contributed by atoms with Crippen LogP contribution in [0.5, 0.6) is 0 Å². The molecule has 0 saturated carbocycles. The average Bonchev–Trinajstić information content (AvgIpc) is 3.12. The molecule has 9 heteroatoms. The van der Waals surface area contributed by atoms with Gasteiger partial charge in [0, 0.05) is 18.8 Å². The fourth-order valence-electron chi connectivity index (χ4n) is 2.16. The van der Waals surface area contributed by atoms with Crippen molar-refractivity contribution in [1.82, 2.24) is 14.8 Å². The Kier molecular flexibility index (Phi) is 3.88. The van der Waals surface area contributed by atoms with Crippen molar-refractivity contribution in [2.75, 3.05) is 26.3 Å². The molecule has 0 radical (unpaired) electrons. The molecule has 9 nitrogen and oxygen atoms in total. The molecule has 1 fully saturated rings. The van der Waals surface area contributed by atoms with E-state index >= 15 is 0 Å². The Hall–Kier alpha value is -2.68. The minimum atomic E-state index is -0.575. The zero-order valence-electron chi connectivity index (χ0n) is 12.0. The summed E-state index contributed by atoms with van der Waals surface area (Å²) in [6.07, 6.45) is 3.47. The minimum Gasteiger partial charge on any atom is -0.399 e. The molecule has 1 aliphatic rings. The van der Waals surface area contributed by atoms with E-state index in [2.05, 4.69) is 10.2 Å². The zero-order chi connectivity index (χ0) is 15.5. The van der Waals surface area contributed by atoms with Crippen LogP contribution in [0.25, 0.3) is 11.5 Å². The summed E-state index contributed by atoms with van der Waals surface area (Å²) in [4.78, 5) is 10.1. The third-order valence-corrected chi connectivity index (χ3v) is 3.21. The Labute approximate surface area is 125 Å². The van der Waals surface area contributed by atoms with Crippen molar-refractivity contribution in [3.63, 3.8) is 0 Å². The summed E-state index contributed by atoms with van der Waals surface area (Å²) in [5, 5.41) is 21.3. The molecule has 22 heavy (non-hydrogen) atoms. The molecule has 116 valence electrons. The van der Waals surface area contributed by atoms with Gasteiger partial charge in [-0.1, -0.05) is 0 Å². The number of furan rings is 1. The monoisotopic (exact) mass is 305 g/mol. The van der Waals surface area contributed by atoms with E-state index in [0.717, 1.165) is 18.7 Å². The van der Waals surface area contributed by atoms with Gasteiger partial charge in [-0.05, 0) is 6.07 Å². The normalized spacial score (nSPS) is 15.6. The van der Waals surface area contributed by atoms with E-state index in [-0.39, 0.29) is 5.88 Å². The van der Waals surface area contributed by atoms with Crippen molar-refractivity contribution >= 4 is 12.1 Å². The van der Waals surface area contributed by atoms with Gasteiger partial charge < -0.3 is 9.15 Å². The minimum absolute atomic E-state index is 0.309. The highest BCUT2D eigenvalue weighted by Crippen LogP contribution is 2.26. The van der Waals surface area contributed by atoms with E-state index < -0.39 is 4.92 Å². The first-order valence-electron chi connectivity index (χ1n) is 6.78. The van der Waals surface area contributed by atoms with Crippen molar-refractivity contribution in [3.05, 3.63) is 34.0 Å². The Bertz CT molecular complexity index is 699. The average molecular weight is 305 g/mol. The highest BCUT2D eigenvalue weighted by Gasteiger charge is 2.18. The molecule has 3 heterocycles. The fraction of sp³-hybridized carbons (Fsp3) is 0.385. The first-order valence-corrected chi connectivity index (χ1v) is 6.78. The maximum atomic E-state index is 10.7. The predicted molar refractivity (Wildman–Crippen MR) is 77.6 cm³/mol. The van der Waals surface area contributed by atoms with E-state index in [1.54, 1.807) is 24.1 Å². The summed E-state index contributed by atoms with van der Waals surface area (Å²) >= 11 is 0. The molecule has 0 N–H and O–H groups in total. The maximum absolute atomic E-state index is 10.7. The molecule has 0 atom stereocenters. The number of aromatic nitrogens is 2. The highest BCUT2D eigenvalue weighted by atomic mass is 16.6. The molecule has 0 aromatic carbocycles. The van der Waals surface area contributed by atoms with Crippen molar-refractivity contribution < 1.29 is 14.1 Å². The summed E-state index contributed by atoms with van der Waals surface area (Å²) < 4.78 is 12.1. The lowest BCUT2D eigenvalue weighted by atomic mass is 10.2. The molecule has 1 saturated heterocycles. The number of hydrogen-bond acceptors (Lipinski definition) is 7. The number of rotatable bonds is 4. The van der Waals surface area contributed by atoms with Gasteiger partial charge >= 0.3 is 5.88 Å². The molecule has 3 rings (SSSR count). The highest BCUT2D eigenvalue weighted by molar-refractivity contribution is 5.87. The first-order chi connectivity index (χ1) is 10.6. The van der Waals surface area contributed by atoms with E-state index in [1.165, 1.54) is 12.1 Å². The van der Waals surface area contributed by atoms with E-state index in [0.29, 0.717) is 24.7 Å². The van der Waals surface area contributed by atoms with Gasteiger partial charge in [0.1, 0.15) is 10.6 Å². The van der Waals surface area contributed by atoms with Gasteiger partial charge in [-0.15, -0.1) is 0 Å². The Balaban J connectivity index is 1.85. The van der Waals surface area contributed by atoms with Gasteiger partial charge in [0.15, 0.2) is 5.76 Å². The van der Waals surface area contributed by atoms with Crippen LogP contribution in [0.3, 0.4) is 0 Å². The number of nitrogens with zero attached hydrogens (tertiary/aromatic N) is 5. The molecule has 2 aromatic rings. The predicted octanol–water partition coefficient (Wildman–Crippen LogP) is 1.25. The van der Waals surface area contributed by atoms with Gasteiger partial charge in [0.25, 0.3) is 0 Å². The van der Waals surface area contributed by atoms with Crippen LogP contribution in [-0.4, -0.2) is 52.2 Å². The van der Waals surface area contributed by atoms with Crippen LogP contribution in [-0.2, 0) is 11.8 Å². The van der Waals surface area contributed by atoms with E-state index in [9.17, 15) is 10.1 Å². The molecule has 0 aliphatic carbocycles. The summed E-state index contributed by atoms with van der Waals surface area (Å²) in [5.41, 5.74) is 1.26. The number of aryl methyl sites for hydroxylation is 1. The van der Waals surface area contributed by atoms with Crippen LogP contribution in [0.1, 0.15) is 5.56 Å². The molecule has 1 aliphatic heterocycles. The molecule has 2 aromatic heterocycles. The summed E-state index contributed by atoms with van der Waals surface area (Å²) in [6, 6.07) is 2.85. The van der Waals surface area contributed by atoms with Crippen molar-refractivity contribution in [2.45, 2.75) is 0 Å². The Morgan fingerprint density at radius 1 is 1.41 bits per heavy atom. The third-order valence-electron chi connectivity index (χ3n) is 3.21. The smallest absolute Gasteiger partial charge is 0.399 e. The summed E-state index contributed by atoms with van der Waals surface area (Å²) in [6.45, 7) is 2.78. The molecule has 0 spiro atoms. The molecule has 0 unspecified atom stereocenters. The van der Waals surface area contributed by atoms with Gasteiger partial charge in [0.2, 0.25) is 0 Å². The lowest BCUT2D eigenvalue weighted by Gasteiger charge is -2.23. The van der Waals surface area contributed by atoms with Crippen LogP contribution in [0.4, 0.5) is 5.88 Å². The fourth-order valence-corrected chi connectivity index (χ4v) is 2.16. The quantitative estimate of drug-likeness (QED) is 0.479. The van der Waals surface area contributed by atoms with Crippen molar-refractivity contribution in [3.8, 4) is 11.5 Å². The molecular formula is C13H15N5O4. The third kappa shape index (κ3) is 2.98. The van der Waals surface area contributed by atoms with Crippen LogP contribution < -0.4 is 0 Å². The van der Waals surface area contributed by atoms with Gasteiger partial charge in [-0.2, -0.15) is 10.2 Å². The van der Waals surface area contributed by atoms with Crippen LogP contribution in [0, 0.1) is 10.1 Å². The number of hydrazone groups is 1. The van der Waals surface area contributed by atoms with Gasteiger partial charge in [0.05, 0.1) is 38.6 Å². The SMILES string of the molecule is Cn1cc(C=NN2CCOCC2)c(-c2ccc([N+](=O)[O-])o2)n1. The number of nitro groups is 1. The zero-order valence-corrected chi connectivity index (χ0v) is 12.0. The number of ether oxygens (including phenoxy) is 1. The topological polar surface area (TPSA) is 98.9 Å². The lowest BCUT2D eigenvalue weighted by molar-refractivity contribution is -0.401. The second-order valence-corrected chi connectivity index (χ2v) is 4.81. The van der Waals surface area contributed by atoms with Gasteiger partial charge in [-0.3, -0.25) is 19.8 Å². The second kappa shape index (κ2) is 5.98. The summed E-state index contributed by atoms with van der Waals surface area (Å²) in [5.74, 6) is 0.0347. The van der Waals surface area contributed by atoms with Crippen molar-refractivity contribution in [1.29, 1.82) is 0 Å². The Morgan fingerprint density at radius 2 is 2.18 bits per heavy atom. The first kappa shape index (κ1) is 14.3. The van der Waals surface area contributed by atoms with E-state index in [4.69, 9.17) is 9.15 Å². The largest absolute Gasteiger partial charge is 0.433 e. The standard InChI is InChI=1S/C13H15N5O4/c1-16-9-10(8-14-17-4-6-21-7-5-17)13(15-16)11-2-3-12(22-11)18(19)20/h2-3,8-9H,4-7H2,1H3. The lowest BCUT2D eigenvalue weighted by Crippen LogP contribution is -2.32. The molecule has 0 bridgehead atoms.